The highest BCUT2D eigenvalue weighted by Crippen LogP contribution is 2.20. The fourth-order valence-electron chi connectivity index (χ4n) is 2.60. The highest BCUT2D eigenvalue weighted by molar-refractivity contribution is 5.80. The first kappa shape index (κ1) is 18.0. The first-order chi connectivity index (χ1) is 11.4. The van der Waals surface area contributed by atoms with Gasteiger partial charge in [-0.2, -0.15) is 5.10 Å². The summed E-state index contributed by atoms with van der Waals surface area (Å²) < 4.78 is 20.1. The van der Waals surface area contributed by atoms with Crippen molar-refractivity contribution in [2.45, 2.75) is 33.7 Å². The van der Waals surface area contributed by atoms with Crippen LogP contribution in [0.15, 0.2) is 30.3 Å². The van der Waals surface area contributed by atoms with E-state index in [9.17, 15) is 9.18 Å². The largest absolute Gasteiger partial charge is 0.492 e. The van der Waals surface area contributed by atoms with Gasteiger partial charge in [0, 0.05) is 5.69 Å². The zero-order valence-corrected chi connectivity index (χ0v) is 14.5. The third-order valence-electron chi connectivity index (χ3n) is 3.69. The maximum atomic E-state index is 12.8. The molecule has 1 N–H and O–H groups in total. The van der Waals surface area contributed by atoms with Gasteiger partial charge in [0.2, 0.25) is 5.91 Å². The Kier molecular flexibility index (Phi) is 5.95. The van der Waals surface area contributed by atoms with E-state index in [4.69, 9.17) is 4.74 Å². The van der Waals surface area contributed by atoms with Crippen LogP contribution in [0.2, 0.25) is 0 Å². The molecule has 0 bridgehead atoms. The minimum Gasteiger partial charge on any atom is -0.492 e. The molecule has 1 amide bonds. The number of nitrogens with zero attached hydrogens (tertiary/aromatic N) is 2. The zero-order valence-electron chi connectivity index (χ0n) is 14.5. The van der Waals surface area contributed by atoms with Crippen LogP contribution < -0.4 is 10.1 Å². The summed E-state index contributed by atoms with van der Waals surface area (Å²) in [6.07, 6.45) is 0. The normalized spacial score (nSPS) is 12.2. The molecule has 6 heteroatoms. The highest BCUT2D eigenvalue weighted by atomic mass is 19.1. The minimum atomic E-state index is -0.357. The summed E-state index contributed by atoms with van der Waals surface area (Å²) in [7, 11) is 0. The standard InChI is InChI=1S/C18H24FN3O2/c1-12(2)17(22-14(4)11-13(3)21-22)18(23)20-9-10-24-16-7-5-15(19)6-8-16/h5-8,11-12,17H,9-10H2,1-4H3,(H,20,23). The quantitative estimate of drug-likeness (QED) is 0.793. The number of hydrogen-bond donors (Lipinski definition) is 1. The van der Waals surface area contributed by atoms with E-state index in [1.54, 1.807) is 16.8 Å². The average Bonchev–Trinajstić information content (AvgIpc) is 2.84. The molecule has 1 aromatic heterocycles. The van der Waals surface area contributed by atoms with Crippen LogP contribution in [0, 0.1) is 25.6 Å². The Balaban J connectivity index is 1.89. The van der Waals surface area contributed by atoms with E-state index in [2.05, 4.69) is 10.4 Å². The van der Waals surface area contributed by atoms with Gasteiger partial charge < -0.3 is 10.1 Å². The second-order valence-corrected chi connectivity index (χ2v) is 6.15. The lowest BCUT2D eigenvalue weighted by atomic mass is 10.0. The van der Waals surface area contributed by atoms with Crippen LogP contribution in [0.3, 0.4) is 0 Å². The van der Waals surface area contributed by atoms with Crippen molar-refractivity contribution in [2.75, 3.05) is 13.2 Å². The molecule has 2 rings (SSSR count). The summed E-state index contributed by atoms with van der Waals surface area (Å²) in [6.45, 7) is 8.54. The first-order valence-electron chi connectivity index (χ1n) is 8.07. The van der Waals surface area contributed by atoms with E-state index in [1.165, 1.54) is 12.1 Å². The monoisotopic (exact) mass is 333 g/mol. The summed E-state index contributed by atoms with van der Waals surface area (Å²) in [5.74, 6) is 0.296. The van der Waals surface area contributed by atoms with Gasteiger partial charge >= 0.3 is 0 Å². The Morgan fingerprint density at radius 3 is 2.50 bits per heavy atom. The lowest BCUT2D eigenvalue weighted by molar-refractivity contribution is -0.126. The maximum Gasteiger partial charge on any atom is 0.245 e. The van der Waals surface area contributed by atoms with Gasteiger partial charge in [0.05, 0.1) is 12.2 Å². The smallest absolute Gasteiger partial charge is 0.245 e. The Morgan fingerprint density at radius 2 is 1.96 bits per heavy atom. The number of ether oxygens (including phenoxy) is 1. The third-order valence-corrected chi connectivity index (χ3v) is 3.69. The first-order valence-corrected chi connectivity index (χ1v) is 8.07. The van der Waals surface area contributed by atoms with Crippen molar-refractivity contribution in [3.8, 4) is 5.75 Å². The average molecular weight is 333 g/mol. The van der Waals surface area contributed by atoms with Crippen LogP contribution in [0.4, 0.5) is 4.39 Å². The molecule has 1 aromatic carbocycles. The fraction of sp³-hybridized carbons (Fsp3) is 0.444. The van der Waals surface area contributed by atoms with Crippen LogP contribution in [-0.2, 0) is 4.79 Å². The Morgan fingerprint density at radius 1 is 1.29 bits per heavy atom. The predicted octanol–water partition coefficient (Wildman–Crippen LogP) is 3.03. The van der Waals surface area contributed by atoms with Crippen molar-refractivity contribution in [1.82, 2.24) is 15.1 Å². The number of carbonyl (C=O) groups excluding carboxylic acids is 1. The lowest BCUT2D eigenvalue weighted by Gasteiger charge is -2.22. The number of rotatable bonds is 7. The Bertz CT molecular complexity index is 680. The van der Waals surface area contributed by atoms with E-state index in [1.807, 2.05) is 33.8 Å². The molecule has 0 saturated heterocycles. The summed E-state index contributed by atoms with van der Waals surface area (Å²) >= 11 is 0. The number of hydrogen-bond acceptors (Lipinski definition) is 3. The van der Waals surface area contributed by atoms with Crippen LogP contribution in [0.25, 0.3) is 0 Å². The van der Waals surface area contributed by atoms with Crippen molar-refractivity contribution in [3.05, 3.63) is 47.5 Å². The molecule has 2 aromatic rings. The molecular formula is C18H24FN3O2. The van der Waals surface area contributed by atoms with E-state index in [0.29, 0.717) is 18.9 Å². The summed E-state index contributed by atoms with van der Waals surface area (Å²) in [4.78, 5) is 12.5. The Labute approximate surface area is 141 Å². The summed E-state index contributed by atoms with van der Waals surface area (Å²) in [5, 5.41) is 7.31. The van der Waals surface area contributed by atoms with Crippen molar-refractivity contribution in [3.63, 3.8) is 0 Å². The van der Waals surface area contributed by atoms with Crippen molar-refractivity contribution in [2.24, 2.45) is 5.92 Å². The number of amides is 1. The van der Waals surface area contributed by atoms with Crippen LogP contribution >= 0.6 is 0 Å². The second-order valence-electron chi connectivity index (χ2n) is 6.15. The highest BCUT2D eigenvalue weighted by Gasteiger charge is 2.26. The number of halogens is 1. The number of aromatic nitrogens is 2. The minimum absolute atomic E-state index is 0.0843. The van der Waals surface area contributed by atoms with Crippen molar-refractivity contribution < 1.29 is 13.9 Å². The zero-order chi connectivity index (χ0) is 17.7. The van der Waals surface area contributed by atoms with Crippen LogP contribution in [0.5, 0.6) is 5.75 Å². The lowest BCUT2D eigenvalue weighted by Crippen LogP contribution is -2.38. The molecule has 0 radical (unpaired) electrons. The van der Waals surface area contributed by atoms with Crippen molar-refractivity contribution >= 4 is 5.91 Å². The van der Waals surface area contributed by atoms with Gasteiger partial charge in [-0.3, -0.25) is 9.48 Å². The molecular weight excluding hydrogens is 309 g/mol. The molecule has 0 fully saturated rings. The van der Waals surface area contributed by atoms with Crippen molar-refractivity contribution in [1.29, 1.82) is 0 Å². The predicted molar refractivity (Wildman–Crippen MR) is 90.5 cm³/mol. The molecule has 1 heterocycles. The number of nitrogens with one attached hydrogen (secondary N) is 1. The summed E-state index contributed by atoms with van der Waals surface area (Å²) in [6, 6.07) is 7.40. The number of benzene rings is 1. The maximum absolute atomic E-state index is 12.8. The van der Waals surface area contributed by atoms with E-state index in [0.717, 1.165) is 11.4 Å². The number of carbonyl (C=O) groups is 1. The molecule has 0 aliphatic rings. The fourth-order valence-corrected chi connectivity index (χ4v) is 2.60. The van der Waals surface area contributed by atoms with Gasteiger partial charge in [0.25, 0.3) is 0 Å². The van der Waals surface area contributed by atoms with E-state index in [-0.39, 0.29) is 23.7 Å². The van der Waals surface area contributed by atoms with Gasteiger partial charge in [0.15, 0.2) is 0 Å². The second kappa shape index (κ2) is 7.95. The molecule has 0 spiro atoms. The Hall–Kier alpha value is -2.37. The molecule has 0 saturated carbocycles. The molecule has 1 unspecified atom stereocenters. The topological polar surface area (TPSA) is 56.2 Å². The molecule has 24 heavy (non-hydrogen) atoms. The van der Waals surface area contributed by atoms with E-state index < -0.39 is 0 Å². The summed E-state index contributed by atoms with van der Waals surface area (Å²) in [5.41, 5.74) is 1.86. The van der Waals surface area contributed by atoms with Crippen LogP contribution in [-0.4, -0.2) is 28.8 Å². The van der Waals surface area contributed by atoms with E-state index >= 15 is 0 Å². The van der Waals surface area contributed by atoms with Crippen LogP contribution in [0.1, 0.15) is 31.3 Å². The molecule has 130 valence electrons. The SMILES string of the molecule is Cc1cc(C)n(C(C(=O)NCCOc2ccc(F)cc2)C(C)C)n1. The molecule has 5 nitrogen and oxygen atoms in total. The molecule has 1 atom stereocenters. The number of aryl methyl sites for hydroxylation is 2. The van der Waals surface area contributed by atoms with Gasteiger partial charge in [0.1, 0.15) is 24.2 Å². The molecule has 0 aliphatic heterocycles. The van der Waals surface area contributed by atoms with Gasteiger partial charge in [-0.15, -0.1) is 0 Å². The van der Waals surface area contributed by atoms with Gasteiger partial charge in [-0.1, -0.05) is 13.8 Å². The molecule has 0 aliphatic carbocycles. The van der Waals surface area contributed by atoms with Gasteiger partial charge in [-0.25, -0.2) is 4.39 Å². The third kappa shape index (κ3) is 4.57. The van der Waals surface area contributed by atoms with Gasteiger partial charge in [-0.05, 0) is 50.1 Å².